The molecule has 1 amide bonds. The predicted molar refractivity (Wildman–Crippen MR) is 76.9 cm³/mol. The van der Waals surface area contributed by atoms with Crippen molar-refractivity contribution in [3.05, 3.63) is 28.8 Å². The van der Waals surface area contributed by atoms with Crippen molar-refractivity contribution in [2.45, 2.75) is 13.8 Å². The molecule has 0 aliphatic carbocycles. The molecule has 0 aliphatic rings. The van der Waals surface area contributed by atoms with Crippen LogP contribution >= 0.6 is 11.6 Å². The normalized spacial score (nSPS) is 11.6. The number of amides is 1. The van der Waals surface area contributed by atoms with Crippen molar-refractivity contribution in [2.24, 2.45) is 0 Å². The maximum atomic E-state index is 11.7. The fourth-order valence-corrected chi connectivity index (χ4v) is 2.33. The van der Waals surface area contributed by atoms with Gasteiger partial charge in [-0.05, 0) is 31.5 Å². The van der Waals surface area contributed by atoms with Gasteiger partial charge in [-0.1, -0.05) is 17.7 Å². The number of benzene rings is 1. The number of carbonyl (C=O) groups excluding carboxylic acids is 1. The number of rotatable bonds is 5. The second-order valence-corrected chi connectivity index (χ2v) is 6.94. The molecule has 0 heterocycles. The van der Waals surface area contributed by atoms with E-state index in [1.54, 1.807) is 18.2 Å². The second kappa shape index (κ2) is 6.36. The first-order chi connectivity index (χ1) is 8.76. The lowest BCUT2D eigenvalue weighted by atomic mass is 10.2. The summed E-state index contributed by atoms with van der Waals surface area (Å²) in [5.41, 5.74) is 1.45. The van der Waals surface area contributed by atoms with Crippen LogP contribution in [0.25, 0.3) is 0 Å². The van der Waals surface area contributed by atoms with Crippen LogP contribution in [0.4, 0.5) is 5.69 Å². The van der Waals surface area contributed by atoms with Gasteiger partial charge in [0.05, 0.1) is 12.3 Å². The predicted octanol–water partition coefficient (Wildman–Crippen LogP) is 1.87. The summed E-state index contributed by atoms with van der Waals surface area (Å²) in [5, 5.41) is 3.16. The number of nitrogens with one attached hydrogen (secondary N) is 1. The zero-order valence-electron chi connectivity index (χ0n) is 11.1. The van der Waals surface area contributed by atoms with Crippen LogP contribution in [0.1, 0.15) is 12.5 Å². The van der Waals surface area contributed by atoms with E-state index in [0.717, 1.165) is 9.87 Å². The highest BCUT2D eigenvalue weighted by Crippen LogP contribution is 2.19. The van der Waals surface area contributed by atoms with E-state index in [1.165, 1.54) is 14.0 Å². The molecule has 1 aromatic carbocycles. The summed E-state index contributed by atoms with van der Waals surface area (Å²) in [6.45, 7) is 3.17. The standard InChI is InChI=1S/C12H17ClN2O3S/c1-4-19(17,18)15(3)8-12(16)14-10-6-5-9(2)11(13)7-10/h5-7H,4,8H2,1-3H3,(H,14,16). The van der Waals surface area contributed by atoms with Gasteiger partial charge in [0.15, 0.2) is 0 Å². The molecule has 0 saturated carbocycles. The van der Waals surface area contributed by atoms with E-state index in [1.807, 2.05) is 6.92 Å². The molecule has 0 saturated heterocycles. The van der Waals surface area contributed by atoms with Crippen LogP contribution in [-0.4, -0.2) is 38.0 Å². The third kappa shape index (κ3) is 4.49. The first-order valence-corrected chi connectivity index (χ1v) is 7.75. The minimum atomic E-state index is -3.35. The Balaban J connectivity index is 2.68. The van der Waals surface area contributed by atoms with Crippen LogP contribution in [-0.2, 0) is 14.8 Å². The number of hydrogen-bond donors (Lipinski definition) is 1. The van der Waals surface area contributed by atoms with Gasteiger partial charge in [-0.3, -0.25) is 4.79 Å². The zero-order valence-corrected chi connectivity index (χ0v) is 12.7. The lowest BCUT2D eigenvalue weighted by Gasteiger charge is -2.15. The van der Waals surface area contributed by atoms with Gasteiger partial charge in [0.25, 0.3) is 0 Å². The molecular weight excluding hydrogens is 288 g/mol. The van der Waals surface area contributed by atoms with Crippen LogP contribution in [0.5, 0.6) is 0 Å². The molecule has 0 radical (unpaired) electrons. The monoisotopic (exact) mass is 304 g/mol. The number of likely N-dealkylation sites (N-methyl/N-ethyl adjacent to an activating group) is 1. The van der Waals surface area contributed by atoms with Crippen molar-refractivity contribution >= 4 is 33.2 Å². The molecule has 0 aliphatic heterocycles. The van der Waals surface area contributed by atoms with Crippen molar-refractivity contribution in [1.82, 2.24) is 4.31 Å². The summed E-state index contributed by atoms with van der Waals surface area (Å²) < 4.78 is 24.0. The van der Waals surface area contributed by atoms with E-state index in [0.29, 0.717) is 10.7 Å². The van der Waals surface area contributed by atoms with E-state index in [9.17, 15) is 13.2 Å². The van der Waals surface area contributed by atoms with Gasteiger partial charge >= 0.3 is 0 Å². The summed E-state index contributed by atoms with van der Waals surface area (Å²) in [6.07, 6.45) is 0. The Morgan fingerprint density at radius 1 is 1.42 bits per heavy atom. The number of aryl methyl sites for hydroxylation is 1. The van der Waals surface area contributed by atoms with E-state index < -0.39 is 15.9 Å². The SMILES string of the molecule is CCS(=O)(=O)N(C)CC(=O)Nc1ccc(C)c(Cl)c1. The molecule has 7 heteroatoms. The van der Waals surface area contributed by atoms with E-state index >= 15 is 0 Å². The first kappa shape index (κ1) is 15.9. The van der Waals surface area contributed by atoms with Gasteiger partial charge < -0.3 is 5.32 Å². The van der Waals surface area contributed by atoms with Crippen molar-refractivity contribution in [2.75, 3.05) is 24.7 Å². The Morgan fingerprint density at radius 2 is 2.05 bits per heavy atom. The topological polar surface area (TPSA) is 66.5 Å². The molecule has 0 unspecified atom stereocenters. The molecule has 0 aromatic heterocycles. The van der Waals surface area contributed by atoms with Gasteiger partial charge in [-0.2, -0.15) is 4.31 Å². The third-order valence-corrected chi connectivity index (χ3v) is 4.88. The first-order valence-electron chi connectivity index (χ1n) is 5.76. The maximum absolute atomic E-state index is 11.7. The number of nitrogens with zero attached hydrogens (tertiary/aromatic N) is 1. The van der Waals surface area contributed by atoms with Gasteiger partial charge in [-0.25, -0.2) is 8.42 Å². The van der Waals surface area contributed by atoms with Crippen LogP contribution in [0.3, 0.4) is 0 Å². The average molecular weight is 305 g/mol. The molecule has 0 bridgehead atoms. The van der Waals surface area contributed by atoms with Crippen molar-refractivity contribution < 1.29 is 13.2 Å². The highest BCUT2D eigenvalue weighted by atomic mass is 35.5. The Hall–Kier alpha value is -1.11. The van der Waals surface area contributed by atoms with Gasteiger partial charge in [0.1, 0.15) is 0 Å². The molecule has 1 rings (SSSR count). The Bertz CT molecular complexity index is 572. The molecular formula is C12H17ClN2O3S. The molecule has 106 valence electrons. The molecule has 0 fully saturated rings. The van der Waals surface area contributed by atoms with Gasteiger partial charge in [0.2, 0.25) is 15.9 Å². The maximum Gasteiger partial charge on any atom is 0.239 e. The fraction of sp³-hybridized carbons (Fsp3) is 0.417. The van der Waals surface area contributed by atoms with Gasteiger partial charge in [-0.15, -0.1) is 0 Å². The lowest BCUT2D eigenvalue weighted by molar-refractivity contribution is -0.116. The number of carbonyl (C=O) groups is 1. The van der Waals surface area contributed by atoms with Crippen LogP contribution in [0.15, 0.2) is 18.2 Å². The summed E-state index contributed by atoms with van der Waals surface area (Å²) in [7, 11) is -1.98. The van der Waals surface area contributed by atoms with E-state index in [4.69, 9.17) is 11.6 Å². The van der Waals surface area contributed by atoms with Gasteiger partial charge in [0, 0.05) is 17.8 Å². The largest absolute Gasteiger partial charge is 0.325 e. The van der Waals surface area contributed by atoms with Crippen molar-refractivity contribution in [1.29, 1.82) is 0 Å². The number of hydrogen-bond acceptors (Lipinski definition) is 3. The minimum Gasteiger partial charge on any atom is -0.325 e. The highest BCUT2D eigenvalue weighted by Gasteiger charge is 2.18. The Morgan fingerprint density at radius 3 is 2.58 bits per heavy atom. The molecule has 19 heavy (non-hydrogen) atoms. The zero-order chi connectivity index (χ0) is 14.6. The van der Waals surface area contributed by atoms with E-state index in [2.05, 4.69) is 5.32 Å². The molecule has 0 atom stereocenters. The molecule has 1 aromatic rings. The number of halogens is 1. The Labute approximate surface area is 118 Å². The molecule has 1 N–H and O–H groups in total. The third-order valence-electron chi connectivity index (χ3n) is 2.66. The Kier molecular flexibility index (Phi) is 5.34. The number of sulfonamides is 1. The van der Waals surface area contributed by atoms with Crippen LogP contribution in [0, 0.1) is 6.92 Å². The van der Waals surface area contributed by atoms with E-state index in [-0.39, 0.29) is 12.3 Å². The van der Waals surface area contributed by atoms with Crippen molar-refractivity contribution in [3.8, 4) is 0 Å². The van der Waals surface area contributed by atoms with Crippen LogP contribution in [0.2, 0.25) is 5.02 Å². The summed E-state index contributed by atoms with van der Waals surface area (Å²) in [6, 6.07) is 5.13. The minimum absolute atomic E-state index is 0.0346. The van der Waals surface area contributed by atoms with Crippen molar-refractivity contribution in [3.63, 3.8) is 0 Å². The second-order valence-electron chi connectivity index (χ2n) is 4.17. The molecule has 0 spiro atoms. The summed E-state index contributed by atoms with van der Waals surface area (Å²) >= 11 is 5.94. The quantitative estimate of drug-likeness (QED) is 0.903. The van der Waals surface area contributed by atoms with Crippen LogP contribution < -0.4 is 5.32 Å². The lowest BCUT2D eigenvalue weighted by Crippen LogP contribution is -2.35. The number of anilines is 1. The fourth-order valence-electron chi connectivity index (χ4n) is 1.39. The summed E-state index contributed by atoms with van der Waals surface area (Å²) in [5.74, 6) is -0.438. The smallest absolute Gasteiger partial charge is 0.239 e. The molecule has 5 nitrogen and oxygen atoms in total. The summed E-state index contributed by atoms with van der Waals surface area (Å²) in [4.78, 5) is 11.7. The highest BCUT2D eigenvalue weighted by molar-refractivity contribution is 7.89. The average Bonchev–Trinajstić information content (AvgIpc) is 2.33.